The summed E-state index contributed by atoms with van der Waals surface area (Å²) in [6, 6.07) is 5.87. The van der Waals surface area contributed by atoms with Crippen molar-refractivity contribution in [2.45, 2.75) is 31.8 Å². The lowest BCUT2D eigenvalue weighted by molar-refractivity contribution is -0.132. The number of carbonyl (C=O) groups excluding carboxylic acids is 1. The Morgan fingerprint density at radius 1 is 1.35 bits per heavy atom. The van der Waals surface area contributed by atoms with Crippen molar-refractivity contribution in [1.29, 1.82) is 0 Å². The summed E-state index contributed by atoms with van der Waals surface area (Å²) >= 11 is 1.60. The molecule has 0 saturated carbocycles. The molecule has 0 aromatic carbocycles. The number of ether oxygens (including phenoxy) is 1. The van der Waals surface area contributed by atoms with Crippen molar-refractivity contribution in [3.05, 3.63) is 46.2 Å². The van der Waals surface area contributed by atoms with Gasteiger partial charge >= 0.3 is 0 Å². The van der Waals surface area contributed by atoms with E-state index in [1.165, 1.54) is 0 Å². The molecule has 2 aromatic rings. The van der Waals surface area contributed by atoms with Gasteiger partial charge in [-0.05, 0) is 25.0 Å². The highest BCUT2D eigenvalue weighted by Gasteiger charge is 2.23. The molecule has 0 aliphatic carbocycles. The molecule has 5 nitrogen and oxygen atoms in total. The van der Waals surface area contributed by atoms with E-state index in [0.717, 1.165) is 48.7 Å². The fourth-order valence-electron chi connectivity index (χ4n) is 2.78. The summed E-state index contributed by atoms with van der Waals surface area (Å²) in [7, 11) is 1.74. The van der Waals surface area contributed by atoms with Gasteiger partial charge in [-0.2, -0.15) is 0 Å². The Morgan fingerprint density at radius 2 is 2.17 bits per heavy atom. The maximum absolute atomic E-state index is 12.4. The van der Waals surface area contributed by atoms with Gasteiger partial charge in [-0.1, -0.05) is 6.07 Å². The number of carbonyl (C=O) groups is 1. The maximum atomic E-state index is 12.4. The Balaban J connectivity index is 1.53. The second-order valence-electron chi connectivity index (χ2n) is 5.72. The monoisotopic (exact) mass is 331 g/mol. The lowest BCUT2D eigenvalue weighted by Gasteiger charge is -2.31. The van der Waals surface area contributed by atoms with E-state index in [1.54, 1.807) is 24.6 Å². The minimum Gasteiger partial charge on any atom is -0.381 e. The van der Waals surface area contributed by atoms with Gasteiger partial charge in [-0.15, -0.1) is 11.3 Å². The summed E-state index contributed by atoms with van der Waals surface area (Å²) in [4.78, 5) is 23.2. The van der Waals surface area contributed by atoms with Crippen LogP contribution in [0.1, 0.15) is 29.2 Å². The van der Waals surface area contributed by atoms with Crippen LogP contribution < -0.4 is 0 Å². The number of likely N-dealkylation sites (tertiary alicyclic amines) is 1. The van der Waals surface area contributed by atoms with Crippen LogP contribution in [0.3, 0.4) is 0 Å². The molecule has 122 valence electrons. The van der Waals surface area contributed by atoms with Crippen molar-refractivity contribution in [2.24, 2.45) is 0 Å². The van der Waals surface area contributed by atoms with Crippen molar-refractivity contribution in [3.8, 4) is 0 Å². The van der Waals surface area contributed by atoms with Crippen LogP contribution in [0.4, 0.5) is 0 Å². The molecule has 0 atom stereocenters. The quantitative estimate of drug-likeness (QED) is 0.844. The van der Waals surface area contributed by atoms with Crippen molar-refractivity contribution in [3.63, 3.8) is 0 Å². The van der Waals surface area contributed by atoms with Gasteiger partial charge in [0.05, 0.1) is 23.2 Å². The predicted octanol–water partition coefficient (Wildman–Crippen LogP) is 2.31. The summed E-state index contributed by atoms with van der Waals surface area (Å²) in [6.07, 6.45) is 5.03. The first kappa shape index (κ1) is 16.1. The summed E-state index contributed by atoms with van der Waals surface area (Å²) in [5.41, 5.74) is 1.86. The fraction of sp³-hybridized carbons (Fsp3) is 0.471. The molecule has 1 amide bonds. The third-order valence-electron chi connectivity index (χ3n) is 4.12. The molecule has 1 aliphatic rings. The third kappa shape index (κ3) is 4.36. The molecule has 1 aliphatic heterocycles. The van der Waals surface area contributed by atoms with Crippen LogP contribution in [0.15, 0.2) is 29.8 Å². The number of thiazole rings is 1. The first-order valence-corrected chi connectivity index (χ1v) is 8.76. The van der Waals surface area contributed by atoms with Crippen LogP contribution in [0.2, 0.25) is 0 Å². The van der Waals surface area contributed by atoms with Gasteiger partial charge in [-0.3, -0.25) is 9.78 Å². The van der Waals surface area contributed by atoms with E-state index in [0.29, 0.717) is 12.5 Å². The van der Waals surface area contributed by atoms with Gasteiger partial charge < -0.3 is 9.64 Å². The minimum atomic E-state index is 0.161. The molecular weight excluding hydrogens is 310 g/mol. The molecule has 6 heteroatoms. The van der Waals surface area contributed by atoms with Gasteiger partial charge in [0.15, 0.2) is 0 Å². The van der Waals surface area contributed by atoms with Crippen molar-refractivity contribution in [1.82, 2.24) is 14.9 Å². The standard InChI is InChI=1S/C17H21N3O2S/c1-22-15-5-8-20(9-6-15)17(21)11-14-12-23-16(19-14)10-13-4-2-3-7-18-13/h2-4,7,12,15H,5-6,8-11H2,1H3. The molecule has 0 spiro atoms. The largest absolute Gasteiger partial charge is 0.381 e. The molecule has 2 aromatic heterocycles. The zero-order chi connectivity index (χ0) is 16.1. The van der Waals surface area contributed by atoms with Gasteiger partial charge in [0.25, 0.3) is 0 Å². The van der Waals surface area contributed by atoms with Crippen molar-refractivity contribution < 1.29 is 9.53 Å². The molecule has 0 unspecified atom stereocenters. The van der Waals surface area contributed by atoms with Crippen molar-refractivity contribution in [2.75, 3.05) is 20.2 Å². The molecule has 1 fully saturated rings. The number of nitrogens with zero attached hydrogens (tertiary/aromatic N) is 3. The molecule has 0 bridgehead atoms. The molecular formula is C17H21N3O2S. The van der Waals surface area contributed by atoms with Gasteiger partial charge in [0, 0.05) is 43.9 Å². The van der Waals surface area contributed by atoms with Crippen LogP contribution in [0, 0.1) is 0 Å². The van der Waals surface area contributed by atoms with Crippen molar-refractivity contribution >= 4 is 17.2 Å². The second kappa shape index (κ2) is 7.66. The van der Waals surface area contributed by atoms with Gasteiger partial charge in [0.1, 0.15) is 0 Å². The normalized spacial score (nSPS) is 15.8. The summed E-state index contributed by atoms with van der Waals surface area (Å²) in [5, 5.41) is 2.99. The highest BCUT2D eigenvalue weighted by molar-refractivity contribution is 7.09. The van der Waals surface area contributed by atoms with E-state index >= 15 is 0 Å². The first-order valence-electron chi connectivity index (χ1n) is 7.88. The number of pyridine rings is 1. The summed E-state index contributed by atoms with van der Waals surface area (Å²) < 4.78 is 5.34. The smallest absolute Gasteiger partial charge is 0.228 e. The van der Waals surface area contributed by atoms with E-state index in [9.17, 15) is 4.79 Å². The lowest BCUT2D eigenvalue weighted by Crippen LogP contribution is -2.41. The Morgan fingerprint density at radius 3 is 2.87 bits per heavy atom. The van der Waals surface area contributed by atoms with Crippen LogP contribution in [0.25, 0.3) is 0 Å². The number of amides is 1. The van der Waals surface area contributed by atoms with E-state index in [4.69, 9.17) is 4.74 Å². The van der Waals surface area contributed by atoms with E-state index < -0.39 is 0 Å². The average molecular weight is 331 g/mol. The molecule has 3 heterocycles. The number of methoxy groups -OCH3 is 1. The van der Waals surface area contributed by atoms with E-state index in [-0.39, 0.29) is 5.91 Å². The van der Waals surface area contributed by atoms with Crippen LogP contribution in [-0.2, 0) is 22.4 Å². The van der Waals surface area contributed by atoms with Gasteiger partial charge in [-0.25, -0.2) is 4.98 Å². The molecule has 0 radical (unpaired) electrons. The second-order valence-corrected chi connectivity index (χ2v) is 6.67. The molecule has 0 N–H and O–H groups in total. The number of aromatic nitrogens is 2. The molecule has 23 heavy (non-hydrogen) atoms. The Kier molecular flexibility index (Phi) is 5.35. The molecule has 3 rings (SSSR count). The third-order valence-corrected chi connectivity index (χ3v) is 5.02. The number of rotatable bonds is 5. The predicted molar refractivity (Wildman–Crippen MR) is 89.5 cm³/mol. The highest BCUT2D eigenvalue weighted by atomic mass is 32.1. The number of hydrogen-bond donors (Lipinski definition) is 0. The van der Waals surface area contributed by atoms with Crippen LogP contribution >= 0.6 is 11.3 Å². The highest BCUT2D eigenvalue weighted by Crippen LogP contribution is 2.17. The minimum absolute atomic E-state index is 0.161. The average Bonchev–Trinajstić information content (AvgIpc) is 3.02. The van der Waals surface area contributed by atoms with E-state index in [2.05, 4.69) is 9.97 Å². The van der Waals surface area contributed by atoms with Gasteiger partial charge in [0.2, 0.25) is 5.91 Å². The van der Waals surface area contributed by atoms with Crippen LogP contribution in [-0.4, -0.2) is 47.1 Å². The van der Waals surface area contributed by atoms with Crippen LogP contribution in [0.5, 0.6) is 0 Å². The maximum Gasteiger partial charge on any atom is 0.228 e. The SMILES string of the molecule is COC1CCN(C(=O)Cc2csc(Cc3ccccn3)n2)CC1. The molecule has 1 saturated heterocycles. The lowest BCUT2D eigenvalue weighted by atomic mass is 10.1. The zero-order valence-corrected chi connectivity index (χ0v) is 14.1. The first-order chi connectivity index (χ1) is 11.2. The Hall–Kier alpha value is -1.79. The number of piperidine rings is 1. The summed E-state index contributed by atoms with van der Waals surface area (Å²) in [5.74, 6) is 0.161. The fourth-order valence-corrected chi connectivity index (χ4v) is 3.59. The zero-order valence-electron chi connectivity index (χ0n) is 13.3. The van der Waals surface area contributed by atoms with E-state index in [1.807, 2.05) is 28.5 Å². The topological polar surface area (TPSA) is 55.3 Å². The number of hydrogen-bond acceptors (Lipinski definition) is 5. The Labute approximate surface area is 140 Å². The Bertz CT molecular complexity index is 636. The summed E-state index contributed by atoms with van der Waals surface area (Å²) in [6.45, 7) is 1.56.